The number of carbonyl (C=O) groups is 2. The molecule has 0 unspecified atom stereocenters. The second-order valence-electron chi connectivity index (χ2n) is 9.20. The van der Waals surface area contributed by atoms with Crippen LogP contribution in [0, 0.1) is 31.1 Å². The fraction of sp³-hybridized carbons (Fsp3) is 0.762. The third-order valence-electron chi connectivity index (χ3n) is 6.87. The van der Waals surface area contributed by atoms with Gasteiger partial charge in [0.05, 0.1) is 11.1 Å². The van der Waals surface area contributed by atoms with Crippen LogP contribution >= 0.6 is 0 Å². The van der Waals surface area contributed by atoms with Crippen LogP contribution in [0.25, 0.3) is 0 Å². The van der Waals surface area contributed by atoms with Crippen molar-refractivity contribution in [2.75, 3.05) is 39.3 Å². The highest BCUT2D eigenvalue weighted by Crippen LogP contribution is 2.45. The van der Waals surface area contributed by atoms with Crippen LogP contribution in [0.1, 0.15) is 43.7 Å². The van der Waals surface area contributed by atoms with Gasteiger partial charge in [0.2, 0.25) is 11.8 Å². The molecule has 0 aliphatic carbocycles. The predicted molar refractivity (Wildman–Crippen MR) is 104 cm³/mol. The van der Waals surface area contributed by atoms with Gasteiger partial charge in [0, 0.05) is 63.2 Å². The molecule has 154 valence electrons. The highest BCUT2D eigenvalue weighted by atomic mass is 16.5. The third-order valence-corrected chi connectivity index (χ3v) is 6.87. The summed E-state index contributed by atoms with van der Waals surface area (Å²) in [5.41, 5.74) is 1.58. The van der Waals surface area contributed by atoms with Crippen molar-refractivity contribution in [3.8, 4) is 0 Å². The minimum atomic E-state index is -0.464. The fourth-order valence-electron chi connectivity index (χ4n) is 5.31. The van der Waals surface area contributed by atoms with Gasteiger partial charge < -0.3 is 14.3 Å². The molecule has 4 rings (SSSR count). The van der Waals surface area contributed by atoms with E-state index in [0.29, 0.717) is 19.6 Å². The molecule has 2 amide bonds. The first-order chi connectivity index (χ1) is 13.3. The van der Waals surface area contributed by atoms with Gasteiger partial charge in [0.1, 0.15) is 5.76 Å². The topological polar surface area (TPSA) is 69.9 Å². The molecular weight excluding hydrogens is 356 g/mol. The molecule has 0 spiro atoms. The van der Waals surface area contributed by atoms with Crippen molar-refractivity contribution in [1.29, 1.82) is 0 Å². The molecule has 0 saturated carbocycles. The zero-order valence-electron chi connectivity index (χ0n) is 17.5. The fourth-order valence-corrected chi connectivity index (χ4v) is 5.31. The van der Waals surface area contributed by atoms with Gasteiger partial charge in [-0.05, 0) is 26.7 Å². The Labute approximate surface area is 167 Å². The van der Waals surface area contributed by atoms with Gasteiger partial charge in [-0.25, -0.2) is 0 Å². The van der Waals surface area contributed by atoms with Crippen molar-refractivity contribution < 1.29 is 14.1 Å². The van der Waals surface area contributed by atoms with Crippen molar-refractivity contribution >= 4 is 11.8 Å². The van der Waals surface area contributed by atoms with E-state index in [9.17, 15) is 9.59 Å². The van der Waals surface area contributed by atoms with E-state index in [1.165, 1.54) is 0 Å². The standard InChI is InChI=1S/C21H32N4O3/c1-14(2)19(26)25-10-17-9-23(11-18-15(3)22-28-16(18)4)12-21(17,13-25)20(27)24-7-5-6-8-24/h14,17H,5-13H2,1-4H3/t17-,21-/m1/s1. The summed E-state index contributed by atoms with van der Waals surface area (Å²) in [4.78, 5) is 32.6. The number of aromatic nitrogens is 1. The summed E-state index contributed by atoms with van der Waals surface area (Å²) < 4.78 is 5.32. The van der Waals surface area contributed by atoms with Crippen LogP contribution < -0.4 is 0 Å². The minimum absolute atomic E-state index is 0.0313. The summed E-state index contributed by atoms with van der Waals surface area (Å²) >= 11 is 0. The van der Waals surface area contributed by atoms with Crippen molar-refractivity contribution in [3.63, 3.8) is 0 Å². The Bertz CT molecular complexity index is 748. The molecule has 28 heavy (non-hydrogen) atoms. The van der Waals surface area contributed by atoms with E-state index in [0.717, 1.165) is 56.0 Å². The first-order valence-electron chi connectivity index (χ1n) is 10.5. The highest BCUT2D eigenvalue weighted by molar-refractivity contribution is 5.87. The van der Waals surface area contributed by atoms with E-state index in [2.05, 4.69) is 10.1 Å². The predicted octanol–water partition coefficient (Wildman–Crippen LogP) is 1.83. The van der Waals surface area contributed by atoms with Crippen LogP contribution in [-0.4, -0.2) is 70.9 Å². The van der Waals surface area contributed by atoms with E-state index in [4.69, 9.17) is 4.52 Å². The summed E-state index contributed by atoms with van der Waals surface area (Å²) in [6.07, 6.45) is 2.17. The van der Waals surface area contributed by atoms with Gasteiger partial charge >= 0.3 is 0 Å². The quantitative estimate of drug-likeness (QED) is 0.787. The third kappa shape index (κ3) is 3.13. The number of hydrogen-bond acceptors (Lipinski definition) is 5. The van der Waals surface area contributed by atoms with Crippen LogP contribution in [0.3, 0.4) is 0 Å². The van der Waals surface area contributed by atoms with Gasteiger partial charge in [-0.15, -0.1) is 0 Å². The molecule has 1 aromatic heterocycles. The van der Waals surface area contributed by atoms with Crippen molar-refractivity contribution in [1.82, 2.24) is 19.9 Å². The van der Waals surface area contributed by atoms with Gasteiger partial charge in [-0.2, -0.15) is 0 Å². The summed E-state index contributed by atoms with van der Waals surface area (Å²) in [5, 5.41) is 4.07. The maximum Gasteiger partial charge on any atom is 0.232 e. The summed E-state index contributed by atoms with van der Waals surface area (Å²) in [7, 11) is 0. The van der Waals surface area contributed by atoms with Crippen molar-refractivity contribution in [2.24, 2.45) is 17.3 Å². The molecule has 3 fully saturated rings. The van der Waals surface area contributed by atoms with Gasteiger partial charge in [-0.1, -0.05) is 19.0 Å². The van der Waals surface area contributed by atoms with Gasteiger partial charge in [0.25, 0.3) is 0 Å². The number of carbonyl (C=O) groups excluding carboxylic acids is 2. The average Bonchev–Trinajstić information content (AvgIpc) is 3.41. The van der Waals surface area contributed by atoms with Crippen LogP contribution in [-0.2, 0) is 16.1 Å². The van der Waals surface area contributed by atoms with Gasteiger partial charge in [0.15, 0.2) is 0 Å². The molecule has 3 aliphatic rings. The molecule has 0 radical (unpaired) electrons. The SMILES string of the molecule is Cc1noc(C)c1CN1C[C@@H]2CN(C(=O)C(C)C)C[C@]2(C(=O)N2CCCC2)C1. The zero-order chi connectivity index (χ0) is 20.1. The average molecular weight is 389 g/mol. The van der Waals surface area contributed by atoms with E-state index >= 15 is 0 Å². The maximum atomic E-state index is 13.6. The molecule has 7 heteroatoms. The van der Waals surface area contributed by atoms with E-state index < -0.39 is 5.41 Å². The molecule has 3 aliphatic heterocycles. The lowest BCUT2D eigenvalue weighted by atomic mass is 9.79. The Morgan fingerprint density at radius 2 is 1.86 bits per heavy atom. The molecule has 1 aromatic rings. The number of fused-ring (bicyclic) bond motifs is 1. The lowest BCUT2D eigenvalue weighted by Crippen LogP contribution is -2.49. The van der Waals surface area contributed by atoms with E-state index in [-0.39, 0.29) is 23.7 Å². The molecule has 0 N–H and O–H groups in total. The Morgan fingerprint density at radius 1 is 1.14 bits per heavy atom. The molecule has 3 saturated heterocycles. The Morgan fingerprint density at radius 3 is 2.46 bits per heavy atom. The molecule has 0 aromatic carbocycles. The second-order valence-corrected chi connectivity index (χ2v) is 9.20. The van der Waals surface area contributed by atoms with Crippen LogP contribution in [0.5, 0.6) is 0 Å². The van der Waals surface area contributed by atoms with Gasteiger partial charge in [-0.3, -0.25) is 14.5 Å². The number of amides is 2. The Balaban J connectivity index is 1.57. The minimum Gasteiger partial charge on any atom is -0.361 e. The molecule has 4 heterocycles. The second kappa shape index (κ2) is 7.17. The lowest BCUT2D eigenvalue weighted by Gasteiger charge is -2.32. The molecule has 7 nitrogen and oxygen atoms in total. The summed E-state index contributed by atoms with van der Waals surface area (Å²) in [6, 6.07) is 0. The first-order valence-corrected chi connectivity index (χ1v) is 10.5. The van der Waals surface area contributed by atoms with E-state index in [1.807, 2.05) is 37.5 Å². The zero-order valence-corrected chi connectivity index (χ0v) is 17.5. The largest absolute Gasteiger partial charge is 0.361 e. The first kappa shape index (κ1) is 19.4. The molecular formula is C21H32N4O3. The number of likely N-dealkylation sites (tertiary alicyclic amines) is 3. The lowest BCUT2D eigenvalue weighted by molar-refractivity contribution is -0.142. The van der Waals surface area contributed by atoms with Crippen LogP contribution in [0.2, 0.25) is 0 Å². The Kier molecular flexibility index (Phi) is 4.98. The normalized spacial score (nSPS) is 27.8. The van der Waals surface area contributed by atoms with Crippen LogP contribution in [0.15, 0.2) is 4.52 Å². The molecule has 0 bridgehead atoms. The number of aryl methyl sites for hydroxylation is 2. The summed E-state index contributed by atoms with van der Waals surface area (Å²) in [5.74, 6) is 1.45. The van der Waals surface area contributed by atoms with E-state index in [1.54, 1.807) is 0 Å². The number of rotatable bonds is 4. The van der Waals surface area contributed by atoms with Crippen LogP contribution in [0.4, 0.5) is 0 Å². The smallest absolute Gasteiger partial charge is 0.232 e. The number of nitrogens with zero attached hydrogens (tertiary/aromatic N) is 4. The number of hydrogen-bond donors (Lipinski definition) is 0. The Hall–Kier alpha value is -1.89. The maximum absolute atomic E-state index is 13.6. The highest BCUT2D eigenvalue weighted by Gasteiger charge is 2.59. The van der Waals surface area contributed by atoms with Crippen molar-refractivity contribution in [2.45, 2.75) is 47.1 Å². The monoisotopic (exact) mass is 388 g/mol. The summed E-state index contributed by atoms with van der Waals surface area (Å²) in [6.45, 7) is 13.1. The van der Waals surface area contributed by atoms with Crippen molar-refractivity contribution in [3.05, 3.63) is 17.0 Å². The molecule has 2 atom stereocenters.